The Morgan fingerprint density at radius 3 is 2.54 bits per heavy atom. The molecule has 0 saturated carbocycles. The summed E-state index contributed by atoms with van der Waals surface area (Å²) in [6, 6.07) is 3.43. The van der Waals surface area contributed by atoms with E-state index in [-0.39, 0.29) is 17.4 Å². The summed E-state index contributed by atoms with van der Waals surface area (Å²) in [4.78, 5) is 28.7. The maximum absolute atomic E-state index is 12.8. The number of nitrogens with zero attached hydrogens (tertiary/aromatic N) is 3. The molecule has 1 atom stereocenters. The standard InChI is InChI=1S/C18H27N3O3/c1-13-10-16(23)11-17(19(13)2)18(24)20-8-5-14(6-9-20)21-7-3-4-15(22)12-21/h10-11,14-15,22H,3-9,12H2,1-2H3. The van der Waals surface area contributed by atoms with E-state index in [1.165, 1.54) is 6.07 Å². The van der Waals surface area contributed by atoms with Crippen LogP contribution in [0.25, 0.3) is 0 Å². The van der Waals surface area contributed by atoms with Crippen LogP contribution >= 0.6 is 0 Å². The van der Waals surface area contributed by atoms with Crippen LogP contribution in [0, 0.1) is 6.92 Å². The Labute approximate surface area is 142 Å². The number of β-amino-alcohol motifs (C(OH)–C–C–N with tert-alkyl or cyclic N) is 1. The number of pyridine rings is 1. The Morgan fingerprint density at radius 1 is 1.17 bits per heavy atom. The molecule has 2 aliphatic rings. The number of carbonyl (C=O) groups is 1. The first-order valence-corrected chi connectivity index (χ1v) is 8.85. The van der Waals surface area contributed by atoms with Crippen LogP contribution in [-0.4, -0.2) is 63.7 Å². The van der Waals surface area contributed by atoms with Crippen molar-refractivity contribution in [3.05, 3.63) is 33.7 Å². The zero-order valence-electron chi connectivity index (χ0n) is 14.6. The lowest BCUT2D eigenvalue weighted by atomic mass is 9.98. The smallest absolute Gasteiger partial charge is 0.270 e. The molecule has 1 amide bonds. The molecule has 2 saturated heterocycles. The predicted molar refractivity (Wildman–Crippen MR) is 92.2 cm³/mol. The number of aliphatic hydroxyl groups excluding tert-OH is 1. The molecule has 0 bridgehead atoms. The second-order valence-corrected chi connectivity index (χ2v) is 7.09. The van der Waals surface area contributed by atoms with Gasteiger partial charge in [-0.1, -0.05) is 0 Å². The number of carbonyl (C=O) groups excluding carboxylic acids is 1. The minimum absolute atomic E-state index is 0.0598. The van der Waals surface area contributed by atoms with Crippen molar-refractivity contribution in [2.24, 2.45) is 7.05 Å². The number of amides is 1. The molecule has 1 aromatic heterocycles. The third-order valence-electron chi connectivity index (χ3n) is 5.44. The van der Waals surface area contributed by atoms with E-state index in [4.69, 9.17) is 0 Å². The van der Waals surface area contributed by atoms with Crippen molar-refractivity contribution in [1.82, 2.24) is 14.4 Å². The molecule has 0 aliphatic carbocycles. The summed E-state index contributed by atoms with van der Waals surface area (Å²) in [5.41, 5.74) is 1.14. The number of hydrogen-bond donors (Lipinski definition) is 1. The Morgan fingerprint density at radius 2 is 1.88 bits per heavy atom. The topological polar surface area (TPSA) is 65.8 Å². The van der Waals surface area contributed by atoms with E-state index in [1.54, 1.807) is 10.6 Å². The Kier molecular flexibility index (Phi) is 5.06. The third-order valence-corrected chi connectivity index (χ3v) is 5.44. The van der Waals surface area contributed by atoms with Crippen molar-refractivity contribution in [2.75, 3.05) is 26.2 Å². The minimum Gasteiger partial charge on any atom is -0.392 e. The van der Waals surface area contributed by atoms with E-state index in [0.29, 0.717) is 24.8 Å². The molecule has 3 heterocycles. The Balaban J connectivity index is 1.64. The van der Waals surface area contributed by atoms with E-state index in [1.807, 2.05) is 18.9 Å². The lowest BCUT2D eigenvalue weighted by molar-refractivity contribution is 0.0238. The first-order chi connectivity index (χ1) is 11.5. The molecule has 3 rings (SSSR count). The van der Waals surface area contributed by atoms with Crippen molar-refractivity contribution in [3.63, 3.8) is 0 Å². The molecular formula is C18H27N3O3. The van der Waals surface area contributed by atoms with E-state index in [9.17, 15) is 14.7 Å². The van der Waals surface area contributed by atoms with Crippen LogP contribution in [0.4, 0.5) is 0 Å². The minimum atomic E-state index is -0.208. The molecule has 2 aliphatic heterocycles. The van der Waals surface area contributed by atoms with Crippen molar-refractivity contribution in [2.45, 2.75) is 44.8 Å². The van der Waals surface area contributed by atoms with Gasteiger partial charge in [0.15, 0.2) is 5.43 Å². The monoisotopic (exact) mass is 333 g/mol. The number of hydrogen-bond acceptors (Lipinski definition) is 4. The fraction of sp³-hybridized carbons (Fsp3) is 0.667. The highest BCUT2D eigenvalue weighted by molar-refractivity contribution is 5.92. The number of piperidine rings is 2. The fourth-order valence-corrected chi connectivity index (χ4v) is 3.88. The molecule has 0 radical (unpaired) electrons. The van der Waals surface area contributed by atoms with Gasteiger partial charge in [-0.05, 0) is 39.2 Å². The molecule has 0 aromatic carbocycles. The number of aromatic nitrogens is 1. The molecule has 6 heteroatoms. The van der Waals surface area contributed by atoms with Crippen LogP contribution in [0.5, 0.6) is 0 Å². The number of rotatable bonds is 2. The molecule has 1 unspecified atom stereocenters. The highest BCUT2D eigenvalue weighted by Crippen LogP contribution is 2.22. The van der Waals surface area contributed by atoms with Gasteiger partial charge >= 0.3 is 0 Å². The second kappa shape index (κ2) is 7.07. The number of aryl methyl sites for hydroxylation is 1. The van der Waals surface area contributed by atoms with Crippen molar-refractivity contribution >= 4 is 5.91 Å². The largest absolute Gasteiger partial charge is 0.392 e. The SMILES string of the molecule is Cc1cc(=O)cc(C(=O)N2CCC(N3CCCC(O)C3)CC2)n1C. The summed E-state index contributed by atoms with van der Waals surface area (Å²) in [6.45, 7) is 5.05. The summed E-state index contributed by atoms with van der Waals surface area (Å²) in [6.07, 6.45) is 3.59. The van der Waals surface area contributed by atoms with Gasteiger partial charge in [0.25, 0.3) is 5.91 Å². The van der Waals surface area contributed by atoms with Gasteiger partial charge in [0.1, 0.15) is 5.69 Å². The summed E-state index contributed by atoms with van der Waals surface area (Å²) in [5, 5.41) is 9.84. The Bertz CT molecular complexity index is 662. The molecule has 1 aromatic rings. The van der Waals surface area contributed by atoms with E-state index in [2.05, 4.69) is 4.90 Å². The third kappa shape index (κ3) is 3.54. The fourth-order valence-electron chi connectivity index (χ4n) is 3.88. The summed E-state index contributed by atoms with van der Waals surface area (Å²) >= 11 is 0. The van der Waals surface area contributed by atoms with E-state index in [0.717, 1.165) is 44.5 Å². The van der Waals surface area contributed by atoms with Crippen LogP contribution in [0.3, 0.4) is 0 Å². The Hall–Kier alpha value is -1.66. The van der Waals surface area contributed by atoms with Crippen LogP contribution < -0.4 is 5.43 Å². The van der Waals surface area contributed by atoms with Crippen molar-refractivity contribution in [3.8, 4) is 0 Å². The van der Waals surface area contributed by atoms with Crippen molar-refractivity contribution in [1.29, 1.82) is 0 Å². The molecule has 1 N–H and O–H groups in total. The molecule has 6 nitrogen and oxygen atoms in total. The van der Waals surface area contributed by atoms with Gasteiger partial charge in [0.05, 0.1) is 6.10 Å². The highest BCUT2D eigenvalue weighted by atomic mass is 16.3. The maximum atomic E-state index is 12.8. The second-order valence-electron chi connectivity index (χ2n) is 7.09. The van der Waals surface area contributed by atoms with Crippen LogP contribution in [0.1, 0.15) is 41.9 Å². The molecule has 24 heavy (non-hydrogen) atoms. The average Bonchev–Trinajstić information content (AvgIpc) is 2.57. The van der Waals surface area contributed by atoms with Gasteiger partial charge in [-0.3, -0.25) is 14.5 Å². The predicted octanol–water partition coefficient (Wildman–Crippen LogP) is 0.755. The highest BCUT2D eigenvalue weighted by Gasteiger charge is 2.30. The summed E-state index contributed by atoms with van der Waals surface area (Å²) in [7, 11) is 1.82. The van der Waals surface area contributed by atoms with Gasteiger partial charge in [-0.2, -0.15) is 0 Å². The van der Waals surface area contributed by atoms with E-state index < -0.39 is 0 Å². The van der Waals surface area contributed by atoms with Gasteiger partial charge in [-0.25, -0.2) is 0 Å². The van der Waals surface area contributed by atoms with Crippen LogP contribution in [-0.2, 0) is 7.05 Å². The maximum Gasteiger partial charge on any atom is 0.270 e. The average molecular weight is 333 g/mol. The van der Waals surface area contributed by atoms with Gasteiger partial charge < -0.3 is 14.6 Å². The number of aliphatic hydroxyl groups is 1. The number of likely N-dealkylation sites (tertiary alicyclic amines) is 2. The molecule has 2 fully saturated rings. The molecule has 0 spiro atoms. The van der Waals surface area contributed by atoms with Gasteiger partial charge in [-0.15, -0.1) is 0 Å². The van der Waals surface area contributed by atoms with Gasteiger partial charge in [0, 0.05) is 50.6 Å². The van der Waals surface area contributed by atoms with E-state index >= 15 is 0 Å². The lowest BCUT2D eigenvalue weighted by Crippen LogP contribution is -2.50. The quantitative estimate of drug-likeness (QED) is 0.868. The molecule has 132 valence electrons. The van der Waals surface area contributed by atoms with Crippen LogP contribution in [0.2, 0.25) is 0 Å². The lowest BCUT2D eigenvalue weighted by Gasteiger charge is -2.41. The molecular weight excluding hydrogens is 306 g/mol. The first kappa shape index (κ1) is 17.2. The van der Waals surface area contributed by atoms with Gasteiger partial charge in [0.2, 0.25) is 0 Å². The first-order valence-electron chi connectivity index (χ1n) is 8.85. The van der Waals surface area contributed by atoms with Crippen molar-refractivity contribution < 1.29 is 9.90 Å². The van der Waals surface area contributed by atoms with Crippen LogP contribution in [0.15, 0.2) is 16.9 Å². The normalized spacial score (nSPS) is 23.5. The zero-order chi connectivity index (χ0) is 17.3. The zero-order valence-corrected chi connectivity index (χ0v) is 14.6. The summed E-state index contributed by atoms with van der Waals surface area (Å²) in [5.74, 6) is -0.0598. The summed E-state index contributed by atoms with van der Waals surface area (Å²) < 4.78 is 1.79.